The fraction of sp³-hybridized carbons (Fsp3) is 0.333. The first-order valence-electron chi connectivity index (χ1n) is 8.41. The van der Waals surface area contributed by atoms with Gasteiger partial charge in [-0.2, -0.15) is 0 Å². The molecule has 1 aromatic carbocycles. The van der Waals surface area contributed by atoms with Crippen LogP contribution in [0.3, 0.4) is 0 Å². The summed E-state index contributed by atoms with van der Waals surface area (Å²) in [6.45, 7) is 1.91. The van der Waals surface area contributed by atoms with Crippen molar-refractivity contribution in [3.63, 3.8) is 0 Å². The number of nitrogens with one attached hydrogen (secondary N) is 1. The summed E-state index contributed by atoms with van der Waals surface area (Å²) < 4.78 is 23.9. The van der Waals surface area contributed by atoms with Crippen LogP contribution in [0.25, 0.3) is 16.2 Å². The van der Waals surface area contributed by atoms with E-state index in [4.69, 9.17) is 11.6 Å². The van der Waals surface area contributed by atoms with Crippen molar-refractivity contribution in [3.8, 4) is 0 Å². The van der Waals surface area contributed by atoms with E-state index in [1.807, 2.05) is 24.3 Å². The van der Waals surface area contributed by atoms with Crippen LogP contribution in [0.2, 0.25) is 5.02 Å². The van der Waals surface area contributed by atoms with Crippen LogP contribution in [0.1, 0.15) is 11.8 Å². The average Bonchev–Trinajstić information content (AvgIpc) is 2.95. The van der Waals surface area contributed by atoms with Gasteiger partial charge >= 0.3 is 0 Å². The van der Waals surface area contributed by atoms with Crippen LogP contribution in [0, 0.1) is 0 Å². The first-order valence-corrected chi connectivity index (χ1v) is 11.4. The number of benzene rings is 1. The molecule has 1 saturated heterocycles. The van der Waals surface area contributed by atoms with Crippen LogP contribution in [0.15, 0.2) is 30.3 Å². The van der Waals surface area contributed by atoms with E-state index in [9.17, 15) is 18.0 Å². The number of carbonyl (C=O) groups excluding carboxylic acids is 2. The second-order valence-electron chi connectivity index (χ2n) is 6.32. The lowest BCUT2D eigenvalue weighted by Crippen LogP contribution is -2.51. The SMILES string of the molecule is C[C@@H](NC(=O)/C=C\c1sc2ccccc2c1Cl)C(=O)N1CCS(=O)(=O)CC1. The van der Waals surface area contributed by atoms with Gasteiger partial charge in [-0.1, -0.05) is 29.8 Å². The van der Waals surface area contributed by atoms with Gasteiger partial charge in [0.1, 0.15) is 6.04 Å². The van der Waals surface area contributed by atoms with Gasteiger partial charge in [-0.3, -0.25) is 9.59 Å². The van der Waals surface area contributed by atoms with Crippen LogP contribution in [-0.2, 0) is 19.4 Å². The van der Waals surface area contributed by atoms with Crippen LogP contribution in [0.4, 0.5) is 0 Å². The lowest BCUT2D eigenvalue weighted by molar-refractivity contribution is -0.134. The van der Waals surface area contributed by atoms with E-state index < -0.39 is 21.8 Å². The summed E-state index contributed by atoms with van der Waals surface area (Å²) in [5, 5.41) is 4.15. The molecule has 144 valence electrons. The molecule has 0 unspecified atom stereocenters. The number of halogens is 1. The minimum atomic E-state index is -3.06. The van der Waals surface area contributed by atoms with Crippen molar-refractivity contribution >= 4 is 60.8 Å². The standard InChI is InChI=1S/C18H19ClN2O4S2/c1-12(18(23)21-8-10-27(24,25)11-9-21)20-16(22)7-6-15-17(19)13-4-2-3-5-14(13)26-15/h2-7,12H,8-11H2,1H3,(H,20,22)/b7-6-/t12-/m1/s1. The maximum atomic E-state index is 12.4. The number of hydrogen-bond donors (Lipinski definition) is 1. The van der Waals surface area contributed by atoms with E-state index >= 15 is 0 Å². The first kappa shape index (κ1) is 19.9. The number of nitrogens with zero attached hydrogens (tertiary/aromatic N) is 1. The van der Waals surface area contributed by atoms with Crippen molar-refractivity contribution in [1.82, 2.24) is 10.2 Å². The maximum absolute atomic E-state index is 12.4. The molecule has 0 bridgehead atoms. The van der Waals surface area contributed by atoms with Gasteiger partial charge in [0.05, 0.1) is 16.5 Å². The van der Waals surface area contributed by atoms with E-state index in [0.717, 1.165) is 15.0 Å². The number of sulfone groups is 1. The predicted molar refractivity (Wildman–Crippen MR) is 109 cm³/mol. The van der Waals surface area contributed by atoms with Crippen LogP contribution >= 0.6 is 22.9 Å². The van der Waals surface area contributed by atoms with E-state index in [1.165, 1.54) is 22.3 Å². The Morgan fingerprint density at radius 3 is 2.59 bits per heavy atom. The van der Waals surface area contributed by atoms with Crippen molar-refractivity contribution in [2.45, 2.75) is 13.0 Å². The Morgan fingerprint density at radius 2 is 1.93 bits per heavy atom. The summed E-state index contributed by atoms with van der Waals surface area (Å²) in [6.07, 6.45) is 2.98. The molecule has 2 amide bonds. The second kappa shape index (κ2) is 8.00. The molecule has 1 atom stereocenters. The number of carbonyl (C=O) groups is 2. The maximum Gasteiger partial charge on any atom is 0.244 e. The highest BCUT2D eigenvalue weighted by Gasteiger charge is 2.28. The first-order chi connectivity index (χ1) is 12.8. The number of thiophene rings is 1. The Labute approximate surface area is 166 Å². The molecule has 0 spiro atoms. The zero-order valence-corrected chi connectivity index (χ0v) is 17.0. The monoisotopic (exact) mass is 426 g/mol. The molecule has 2 aromatic rings. The summed E-state index contributed by atoms with van der Waals surface area (Å²) in [4.78, 5) is 26.7. The number of rotatable bonds is 4. The number of fused-ring (bicyclic) bond motifs is 1. The number of hydrogen-bond acceptors (Lipinski definition) is 5. The summed E-state index contributed by atoms with van der Waals surface area (Å²) in [7, 11) is -3.06. The highest BCUT2D eigenvalue weighted by atomic mass is 35.5. The van der Waals surface area contributed by atoms with Crippen molar-refractivity contribution < 1.29 is 18.0 Å². The van der Waals surface area contributed by atoms with Crippen molar-refractivity contribution in [2.24, 2.45) is 0 Å². The van der Waals surface area contributed by atoms with Crippen molar-refractivity contribution in [1.29, 1.82) is 0 Å². The summed E-state index contributed by atoms with van der Waals surface area (Å²) >= 11 is 7.82. The lowest BCUT2D eigenvalue weighted by Gasteiger charge is -2.29. The van der Waals surface area contributed by atoms with Gasteiger partial charge in [0.2, 0.25) is 11.8 Å². The van der Waals surface area contributed by atoms with Gasteiger partial charge in [-0.25, -0.2) is 8.42 Å². The second-order valence-corrected chi connectivity index (χ2v) is 10.1. The molecule has 6 nitrogen and oxygen atoms in total. The van der Waals surface area contributed by atoms with Gasteiger partial charge in [0.15, 0.2) is 9.84 Å². The van der Waals surface area contributed by atoms with Gasteiger partial charge < -0.3 is 10.2 Å². The quantitative estimate of drug-likeness (QED) is 0.760. The molecular weight excluding hydrogens is 408 g/mol. The van der Waals surface area contributed by atoms with E-state index in [0.29, 0.717) is 5.02 Å². The Bertz CT molecular complexity index is 1000. The molecule has 1 fully saturated rings. The smallest absolute Gasteiger partial charge is 0.244 e. The highest BCUT2D eigenvalue weighted by molar-refractivity contribution is 7.91. The zero-order chi connectivity index (χ0) is 19.6. The van der Waals surface area contributed by atoms with E-state index in [-0.39, 0.29) is 30.5 Å². The molecule has 0 aliphatic carbocycles. The fourth-order valence-electron chi connectivity index (χ4n) is 2.82. The van der Waals surface area contributed by atoms with Gasteiger partial charge in [-0.15, -0.1) is 11.3 Å². The largest absolute Gasteiger partial charge is 0.341 e. The third kappa shape index (κ3) is 4.69. The average molecular weight is 427 g/mol. The Morgan fingerprint density at radius 1 is 1.26 bits per heavy atom. The lowest BCUT2D eigenvalue weighted by atomic mass is 10.2. The summed E-state index contributed by atoms with van der Waals surface area (Å²) in [6, 6.07) is 6.98. The molecule has 0 saturated carbocycles. The normalized spacial score (nSPS) is 17.9. The van der Waals surface area contributed by atoms with E-state index in [1.54, 1.807) is 13.0 Å². The van der Waals surface area contributed by atoms with Crippen LogP contribution < -0.4 is 5.32 Å². The molecule has 0 radical (unpaired) electrons. The third-order valence-electron chi connectivity index (χ3n) is 4.33. The molecule has 27 heavy (non-hydrogen) atoms. The molecule has 1 aliphatic rings. The van der Waals surface area contributed by atoms with Gasteiger partial charge in [0.25, 0.3) is 0 Å². The Balaban J connectivity index is 1.60. The van der Waals surface area contributed by atoms with E-state index in [2.05, 4.69) is 5.32 Å². The molecule has 2 heterocycles. The number of amides is 2. The third-order valence-corrected chi connectivity index (χ3v) is 7.60. The molecule has 1 N–H and O–H groups in total. The fourth-order valence-corrected chi connectivity index (χ4v) is 5.42. The van der Waals surface area contributed by atoms with Crippen LogP contribution in [-0.4, -0.2) is 55.8 Å². The van der Waals surface area contributed by atoms with Crippen molar-refractivity contribution in [2.75, 3.05) is 24.6 Å². The summed E-state index contributed by atoms with van der Waals surface area (Å²) in [5.41, 5.74) is 0. The van der Waals surface area contributed by atoms with Gasteiger partial charge in [-0.05, 0) is 19.1 Å². The van der Waals surface area contributed by atoms with Crippen LogP contribution in [0.5, 0.6) is 0 Å². The molecule has 3 rings (SSSR count). The molecule has 9 heteroatoms. The minimum absolute atomic E-state index is 0.0380. The summed E-state index contributed by atoms with van der Waals surface area (Å²) in [5.74, 6) is -0.770. The van der Waals surface area contributed by atoms with Gasteiger partial charge in [0, 0.05) is 34.1 Å². The highest BCUT2D eigenvalue weighted by Crippen LogP contribution is 2.35. The Kier molecular flexibility index (Phi) is 5.88. The van der Waals surface area contributed by atoms with Crippen molar-refractivity contribution in [3.05, 3.63) is 40.2 Å². The topological polar surface area (TPSA) is 83.6 Å². The minimum Gasteiger partial charge on any atom is -0.341 e. The predicted octanol–water partition coefficient (Wildman–Crippen LogP) is 2.33. The molecular formula is C18H19ClN2O4S2. The molecule has 1 aliphatic heterocycles. The zero-order valence-electron chi connectivity index (χ0n) is 14.6. The molecule has 1 aromatic heterocycles. The Hall–Kier alpha value is -1.90.